The SMILES string of the molecule is CC1CCCCN1Cc1ccc(CNc2cc3nc[nH]c(=O)c3cc2[N+](=O)[O-])cc1. The van der Waals surface area contributed by atoms with E-state index in [2.05, 4.69) is 39.2 Å². The molecule has 0 bridgehead atoms. The van der Waals surface area contributed by atoms with Gasteiger partial charge in [-0.3, -0.25) is 19.8 Å². The second-order valence-corrected chi connectivity index (χ2v) is 7.86. The molecule has 156 valence electrons. The van der Waals surface area contributed by atoms with E-state index in [0.29, 0.717) is 23.8 Å². The summed E-state index contributed by atoms with van der Waals surface area (Å²) in [6.07, 6.45) is 5.13. The molecule has 2 aromatic carbocycles. The van der Waals surface area contributed by atoms with Gasteiger partial charge in [-0.05, 0) is 43.5 Å². The van der Waals surface area contributed by atoms with E-state index in [1.165, 1.54) is 37.2 Å². The number of benzene rings is 2. The van der Waals surface area contributed by atoms with Gasteiger partial charge in [0.25, 0.3) is 11.2 Å². The molecular formula is C22H25N5O3. The molecule has 0 aliphatic carbocycles. The van der Waals surface area contributed by atoms with Gasteiger partial charge in [0.15, 0.2) is 0 Å². The number of piperidine rings is 1. The van der Waals surface area contributed by atoms with Gasteiger partial charge >= 0.3 is 0 Å². The molecule has 30 heavy (non-hydrogen) atoms. The molecule has 1 aliphatic heterocycles. The minimum Gasteiger partial charge on any atom is -0.375 e. The standard InChI is InChI=1S/C22H25N5O3/c1-15-4-2-3-9-26(15)13-17-7-5-16(6-8-17)12-23-20-11-19-18(10-21(20)27(29)30)22(28)25-14-24-19/h5-8,10-11,14-15,23H,2-4,9,12-13H2,1H3,(H,24,25,28). The molecule has 0 saturated carbocycles. The molecule has 1 saturated heterocycles. The van der Waals surface area contributed by atoms with E-state index in [0.717, 1.165) is 18.7 Å². The Hall–Kier alpha value is -3.26. The number of fused-ring (bicyclic) bond motifs is 1. The van der Waals surface area contributed by atoms with Crippen LogP contribution in [0.5, 0.6) is 0 Å². The van der Waals surface area contributed by atoms with E-state index >= 15 is 0 Å². The fourth-order valence-corrected chi connectivity index (χ4v) is 3.98. The molecule has 1 fully saturated rings. The molecular weight excluding hydrogens is 382 g/mol. The first-order valence-corrected chi connectivity index (χ1v) is 10.2. The highest BCUT2D eigenvalue weighted by Gasteiger charge is 2.19. The molecule has 2 heterocycles. The second kappa shape index (κ2) is 8.62. The van der Waals surface area contributed by atoms with Crippen molar-refractivity contribution in [3.05, 3.63) is 74.3 Å². The Morgan fingerprint density at radius 1 is 1.23 bits per heavy atom. The van der Waals surface area contributed by atoms with Crippen LogP contribution in [0.3, 0.4) is 0 Å². The quantitative estimate of drug-likeness (QED) is 0.475. The number of aromatic amines is 1. The largest absolute Gasteiger partial charge is 0.375 e. The van der Waals surface area contributed by atoms with Gasteiger partial charge in [-0.1, -0.05) is 30.7 Å². The van der Waals surface area contributed by atoms with E-state index in [1.807, 2.05) is 12.1 Å². The van der Waals surface area contributed by atoms with Crippen LogP contribution in [0.25, 0.3) is 10.9 Å². The van der Waals surface area contributed by atoms with E-state index in [-0.39, 0.29) is 11.1 Å². The lowest BCUT2D eigenvalue weighted by atomic mass is 10.0. The van der Waals surface area contributed by atoms with Crippen LogP contribution >= 0.6 is 0 Å². The molecule has 1 aromatic heterocycles. The predicted octanol–water partition coefficient (Wildman–Crippen LogP) is 3.82. The first kappa shape index (κ1) is 20.0. The van der Waals surface area contributed by atoms with E-state index in [9.17, 15) is 14.9 Å². The van der Waals surface area contributed by atoms with Crippen LogP contribution in [0.1, 0.15) is 37.3 Å². The van der Waals surface area contributed by atoms with E-state index < -0.39 is 10.5 Å². The van der Waals surface area contributed by atoms with Crippen LogP contribution in [-0.2, 0) is 13.1 Å². The van der Waals surface area contributed by atoms with Gasteiger partial charge in [0.2, 0.25) is 0 Å². The summed E-state index contributed by atoms with van der Waals surface area (Å²) in [6, 6.07) is 11.8. The van der Waals surface area contributed by atoms with E-state index in [1.54, 1.807) is 6.07 Å². The molecule has 8 heteroatoms. The fraction of sp³-hybridized carbons (Fsp3) is 0.364. The number of nitrogens with one attached hydrogen (secondary N) is 2. The van der Waals surface area contributed by atoms with Crippen LogP contribution in [0.4, 0.5) is 11.4 Å². The fourth-order valence-electron chi connectivity index (χ4n) is 3.98. The number of nitro benzene ring substituents is 1. The Kier molecular flexibility index (Phi) is 5.76. The lowest BCUT2D eigenvalue weighted by molar-refractivity contribution is -0.383. The Morgan fingerprint density at radius 2 is 2.00 bits per heavy atom. The Balaban J connectivity index is 1.48. The molecule has 8 nitrogen and oxygen atoms in total. The first-order chi connectivity index (χ1) is 14.5. The highest BCUT2D eigenvalue weighted by Crippen LogP contribution is 2.28. The summed E-state index contributed by atoms with van der Waals surface area (Å²) in [5.74, 6) is 0. The summed E-state index contributed by atoms with van der Waals surface area (Å²) in [5, 5.41) is 14.8. The normalized spacial score (nSPS) is 17.2. The third kappa shape index (κ3) is 4.33. The van der Waals surface area contributed by atoms with Gasteiger partial charge in [-0.2, -0.15) is 0 Å². The maximum absolute atomic E-state index is 11.9. The summed E-state index contributed by atoms with van der Waals surface area (Å²) in [7, 11) is 0. The van der Waals surface area contributed by atoms with Crippen LogP contribution in [0.15, 0.2) is 47.5 Å². The zero-order valence-corrected chi connectivity index (χ0v) is 16.9. The van der Waals surface area contributed by atoms with Crippen molar-refractivity contribution in [2.45, 2.75) is 45.3 Å². The smallest absolute Gasteiger partial charge is 0.293 e. The monoisotopic (exact) mass is 407 g/mol. The van der Waals surface area contributed by atoms with Gasteiger partial charge in [0, 0.05) is 25.2 Å². The number of H-pyrrole nitrogens is 1. The van der Waals surface area contributed by atoms with Crippen molar-refractivity contribution < 1.29 is 4.92 Å². The zero-order valence-electron chi connectivity index (χ0n) is 16.9. The number of nitro groups is 1. The third-order valence-corrected chi connectivity index (χ3v) is 5.79. The van der Waals surface area contributed by atoms with Crippen molar-refractivity contribution in [2.75, 3.05) is 11.9 Å². The average Bonchev–Trinajstić information content (AvgIpc) is 2.74. The summed E-state index contributed by atoms with van der Waals surface area (Å²) in [6.45, 7) is 4.82. The summed E-state index contributed by atoms with van der Waals surface area (Å²) >= 11 is 0. The summed E-state index contributed by atoms with van der Waals surface area (Å²) in [5.41, 5.74) is 2.52. The molecule has 4 rings (SSSR count). The predicted molar refractivity (Wildman–Crippen MR) is 117 cm³/mol. The van der Waals surface area contributed by atoms with Crippen molar-refractivity contribution in [2.24, 2.45) is 0 Å². The van der Waals surface area contributed by atoms with Crippen molar-refractivity contribution in [3.8, 4) is 0 Å². The van der Waals surface area contributed by atoms with Crippen molar-refractivity contribution in [3.63, 3.8) is 0 Å². The minimum absolute atomic E-state index is 0.142. The Labute approximate surface area is 174 Å². The minimum atomic E-state index is -0.489. The number of hydrogen-bond donors (Lipinski definition) is 2. The maximum Gasteiger partial charge on any atom is 0.293 e. The average molecular weight is 407 g/mol. The van der Waals surface area contributed by atoms with Gasteiger partial charge in [0.05, 0.1) is 22.2 Å². The van der Waals surface area contributed by atoms with E-state index in [4.69, 9.17) is 0 Å². The number of rotatable bonds is 6. The number of aromatic nitrogens is 2. The Bertz CT molecular complexity index is 1110. The first-order valence-electron chi connectivity index (χ1n) is 10.2. The molecule has 2 N–H and O–H groups in total. The molecule has 1 atom stereocenters. The summed E-state index contributed by atoms with van der Waals surface area (Å²) < 4.78 is 0. The van der Waals surface area contributed by atoms with Crippen LogP contribution in [-0.4, -0.2) is 32.4 Å². The van der Waals surface area contributed by atoms with Crippen molar-refractivity contribution in [1.82, 2.24) is 14.9 Å². The zero-order chi connectivity index (χ0) is 21.1. The summed E-state index contributed by atoms with van der Waals surface area (Å²) in [4.78, 5) is 32.0. The molecule has 0 radical (unpaired) electrons. The molecule has 0 spiro atoms. The number of likely N-dealkylation sites (tertiary alicyclic amines) is 1. The maximum atomic E-state index is 11.9. The van der Waals surface area contributed by atoms with Crippen molar-refractivity contribution in [1.29, 1.82) is 0 Å². The second-order valence-electron chi connectivity index (χ2n) is 7.86. The van der Waals surface area contributed by atoms with Gasteiger partial charge in [0.1, 0.15) is 5.69 Å². The molecule has 0 amide bonds. The highest BCUT2D eigenvalue weighted by molar-refractivity contribution is 5.86. The third-order valence-electron chi connectivity index (χ3n) is 5.79. The van der Waals surface area contributed by atoms with Crippen molar-refractivity contribution >= 4 is 22.3 Å². The Morgan fingerprint density at radius 3 is 2.73 bits per heavy atom. The topological polar surface area (TPSA) is 104 Å². The molecule has 1 unspecified atom stereocenters. The number of hydrogen-bond acceptors (Lipinski definition) is 6. The van der Waals surface area contributed by atoms with Gasteiger partial charge in [-0.15, -0.1) is 0 Å². The molecule has 3 aromatic rings. The van der Waals surface area contributed by atoms with Gasteiger partial charge in [-0.25, -0.2) is 4.98 Å². The van der Waals surface area contributed by atoms with Crippen LogP contribution < -0.4 is 10.9 Å². The van der Waals surface area contributed by atoms with Crippen LogP contribution in [0.2, 0.25) is 0 Å². The lowest BCUT2D eigenvalue weighted by Gasteiger charge is -2.33. The van der Waals surface area contributed by atoms with Gasteiger partial charge < -0.3 is 10.3 Å². The van der Waals surface area contributed by atoms with Crippen LogP contribution in [0, 0.1) is 10.1 Å². The lowest BCUT2D eigenvalue weighted by Crippen LogP contribution is -2.36. The highest BCUT2D eigenvalue weighted by atomic mass is 16.6. The molecule has 1 aliphatic rings. The number of nitrogens with zero attached hydrogens (tertiary/aromatic N) is 3. The number of anilines is 1.